The molecule has 1 amide bonds. The lowest BCUT2D eigenvalue weighted by Gasteiger charge is -2.16. The predicted octanol–water partition coefficient (Wildman–Crippen LogP) is 2.45. The molecule has 1 unspecified atom stereocenters. The molecule has 0 spiro atoms. The molecule has 0 saturated heterocycles. The van der Waals surface area contributed by atoms with E-state index in [0.717, 1.165) is 12.8 Å². The average Bonchev–Trinajstić information content (AvgIpc) is 2.39. The second-order valence-corrected chi connectivity index (χ2v) is 5.05. The van der Waals surface area contributed by atoms with Gasteiger partial charge in [0.1, 0.15) is 0 Å². The van der Waals surface area contributed by atoms with Crippen LogP contribution in [0.15, 0.2) is 18.2 Å². The summed E-state index contributed by atoms with van der Waals surface area (Å²) in [5.74, 6) is 0.0680. The molecule has 0 aromatic heterocycles. The van der Waals surface area contributed by atoms with Crippen molar-refractivity contribution in [2.24, 2.45) is 5.92 Å². The number of nitrogens with two attached hydrogens (primary N) is 1. The van der Waals surface area contributed by atoms with E-state index in [2.05, 4.69) is 12.2 Å². The summed E-state index contributed by atoms with van der Waals surface area (Å²) in [6.07, 6.45) is 2.70. The number of amides is 1. The maximum atomic E-state index is 12.0. The number of hydrogen-bond acceptors (Lipinski definition) is 3. The average molecular weight is 285 g/mol. The fourth-order valence-electron chi connectivity index (χ4n) is 2.00. The van der Waals surface area contributed by atoms with E-state index in [1.54, 1.807) is 18.2 Å². The zero-order chi connectivity index (χ0) is 14.3. The van der Waals surface area contributed by atoms with Crippen molar-refractivity contribution in [3.63, 3.8) is 0 Å². The molecule has 1 rings (SSSR count). The van der Waals surface area contributed by atoms with Gasteiger partial charge in [0.2, 0.25) is 0 Å². The molecule has 0 aliphatic heterocycles. The molecule has 0 aliphatic carbocycles. The summed E-state index contributed by atoms with van der Waals surface area (Å²) in [7, 11) is 0. The summed E-state index contributed by atoms with van der Waals surface area (Å²) in [6.45, 7) is 2.76. The normalized spacial score (nSPS) is 12.2. The molecule has 1 aromatic rings. The molecule has 4 N–H and O–H groups in total. The van der Waals surface area contributed by atoms with E-state index in [9.17, 15) is 4.79 Å². The molecule has 0 heterocycles. The van der Waals surface area contributed by atoms with Crippen molar-refractivity contribution in [1.82, 2.24) is 5.32 Å². The van der Waals surface area contributed by atoms with Gasteiger partial charge in [-0.25, -0.2) is 0 Å². The Bertz CT molecular complexity index is 418. The Morgan fingerprint density at radius 2 is 2.21 bits per heavy atom. The van der Waals surface area contributed by atoms with Gasteiger partial charge in [0.15, 0.2) is 0 Å². The summed E-state index contributed by atoms with van der Waals surface area (Å²) in [5.41, 5.74) is 6.56. The van der Waals surface area contributed by atoms with Gasteiger partial charge >= 0.3 is 0 Å². The van der Waals surface area contributed by atoms with Crippen LogP contribution in [0.4, 0.5) is 5.69 Å². The number of carbonyl (C=O) groups excluding carboxylic acids is 1. The monoisotopic (exact) mass is 284 g/mol. The van der Waals surface area contributed by atoms with Gasteiger partial charge in [-0.15, -0.1) is 0 Å². The van der Waals surface area contributed by atoms with Crippen LogP contribution in [-0.2, 0) is 0 Å². The second kappa shape index (κ2) is 8.02. The Balaban J connectivity index is 2.61. The number of rotatable bonds is 7. The minimum absolute atomic E-state index is 0.139. The van der Waals surface area contributed by atoms with E-state index in [4.69, 9.17) is 22.4 Å². The maximum Gasteiger partial charge on any atom is 0.253 e. The Morgan fingerprint density at radius 1 is 1.47 bits per heavy atom. The van der Waals surface area contributed by atoms with E-state index < -0.39 is 0 Å². The minimum atomic E-state index is -0.223. The fraction of sp³-hybridized carbons (Fsp3) is 0.500. The molecule has 0 fully saturated rings. The Kier molecular flexibility index (Phi) is 6.67. The summed E-state index contributed by atoms with van der Waals surface area (Å²) < 4.78 is 0. The largest absolute Gasteiger partial charge is 0.398 e. The van der Waals surface area contributed by atoms with Crippen LogP contribution in [0.3, 0.4) is 0 Å². The lowest BCUT2D eigenvalue weighted by Crippen LogP contribution is -2.30. The number of halogens is 1. The minimum Gasteiger partial charge on any atom is -0.398 e. The van der Waals surface area contributed by atoms with E-state index in [1.165, 1.54) is 0 Å². The van der Waals surface area contributed by atoms with Crippen LogP contribution in [0.25, 0.3) is 0 Å². The number of aliphatic hydroxyl groups excluding tert-OH is 1. The highest BCUT2D eigenvalue weighted by Crippen LogP contribution is 2.18. The summed E-state index contributed by atoms with van der Waals surface area (Å²) in [5, 5.41) is 12.3. The third-order valence-corrected chi connectivity index (χ3v) is 3.28. The van der Waals surface area contributed by atoms with Gasteiger partial charge in [0.25, 0.3) is 5.91 Å². The van der Waals surface area contributed by atoms with Crippen LogP contribution in [0.2, 0.25) is 5.02 Å². The number of aliphatic hydroxyl groups is 1. The van der Waals surface area contributed by atoms with Crippen molar-refractivity contribution in [3.05, 3.63) is 28.8 Å². The van der Waals surface area contributed by atoms with Crippen LogP contribution in [0.5, 0.6) is 0 Å². The van der Waals surface area contributed by atoms with Gasteiger partial charge in [0, 0.05) is 23.9 Å². The molecule has 19 heavy (non-hydrogen) atoms. The predicted molar refractivity (Wildman–Crippen MR) is 78.3 cm³/mol. The standard InChI is InChI=1S/C14H21ClN2O2/c1-2-3-10(6-7-18)9-17-14(19)12-8-11(15)4-5-13(12)16/h4-5,8,10,18H,2-3,6-7,9,16H2,1H3,(H,17,19). The summed E-state index contributed by atoms with van der Waals surface area (Å²) in [4.78, 5) is 12.0. The molecule has 0 bridgehead atoms. The molecule has 0 saturated carbocycles. The highest BCUT2D eigenvalue weighted by atomic mass is 35.5. The smallest absolute Gasteiger partial charge is 0.253 e. The topological polar surface area (TPSA) is 75.3 Å². The Morgan fingerprint density at radius 3 is 2.84 bits per heavy atom. The molecule has 4 nitrogen and oxygen atoms in total. The molecule has 1 atom stereocenters. The lowest BCUT2D eigenvalue weighted by atomic mass is 10.00. The fourth-order valence-corrected chi connectivity index (χ4v) is 2.17. The van der Waals surface area contributed by atoms with E-state index >= 15 is 0 Å². The highest BCUT2D eigenvalue weighted by molar-refractivity contribution is 6.31. The molecule has 0 aliphatic rings. The summed E-state index contributed by atoms with van der Waals surface area (Å²) >= 11 is 5.85. The third kappa shape index (κ3) is 5.09. The van der Waals surface area contributed by atoms with Gasteiger partial charge in [-0.3, -0.25) is 4.79 Å². The first-order valence-corrected chi connectivity index (χ1v) is 6.90. The molecular formula is C14H21ClN2O2. The van der Waals surface area contributed by atoms with Crippen molar-refractivity contribution in [2.75, 3.05) is 18.9 Å². The molecular weight excluding hydrogens is 264 g/mol. The van der Waals surface area contributed by atoms with E-state index in [1.807, 2.05) is 0 Å². The Labute approximate surface area is 118 Å². The second-order valence-electron chi connectivity index (χ2n) is 4.61. The molecule has 106 valence electrons. The molecule has 0 radical (unpaired) electrons. The highest BCUT2D eigenvalue weighted by Gasteiger charge is 2.13. The number of hydrogen-bond donors (Lipinski definition) is 3. The van der Waals surface area contributed by atoms with Crippen molar-refractivity contribution >= 4 is 23.2 Å². The van der Waals surface area contributed by atoms with Gasteiger partial charge in [-0.2, -0.15) is 0 Å². The Hall–Kier alpha value is -1.26. The summed E-state index contributed by atoms with van der Waals surface area (Å²) in [6, 6.07) is 4.83. The SMILES string of the molecule is CCCC(CCO)CNC(=O)c1cc(Cl)ccc1N. The van der Waals surface area contributed by atoms with Crippen LogP contribution in [-0.4, -0.2) is 24.2 Å². The zero-order valence-corrected chi connectivity index (χ0v) is 11.9. The first-order chi connectivity index (χ1) is 9.08. The maximum absolute atomic E-state index is 12.0. The van der Waals surface area contributed by atoms with Crippen molar-refractivity contribution < 1.29 is 9.90 Å². The number of anilines is 1. The van der Waals surface area contributed by atoms with Crippen LogP contribution >= 0.6 is 11.6 Å². The quantitative estimate of drug-likeness (QED) is 0.673. The number of benzene rings is 1. The zero-order valence-electron chi connectivity index (χ0n) is 11.2. The van der Waals surface area contributed by atoms with Crippen molar-refractivity contribution in [1.29, 1.82) is 0 Å². The third-order valence-electron chi connectivity index (χ3n) is 3.05. The van der Waals surface area contributed by atoms with Crippen LogP contribution in [0, 0.1) is 5.92 Å². The molecule has 5 heteroatoms. The van der Waals surface area contributed by atoms with E-state index in [0.29, 0.717) is 35.2 Å². The first-order valence-electron chi connectivity index (χ1n) is 6.52. The van der Waals surface area contributed by atoms with Gasteiger partial charge in [-0.1, -0.05) is 24.9 Å². The van der Waals surface area contributed by atoms with Gasteiger partial charge in [0.05, 0.1) is 5.56 Å². The van der Waals surface area contributed by atoms with Gasteiger partial charge < -0.3 is 16.2 Å². The van der Waals surface area contributed by atoms with Gasteiger partial charge in [-0.05, 0) is 37.0 Å². The number of nitrogens with one attached hydrogen (secondary N) is 1. The lowest BCUT2D eigenvalue weighted by molar-refractivity contribution is 0.0944. The van der Waals surface area contributed by atoms with Crippen LogP contribution in [0.1, 0.15) is 36.5 Å². The first kappa shape index (κ1) is 15.8. The number of nitrogen functional groups attached to an aromatic ring is 1. The number of carbonyl (C=O) groups is 1. The van der Waals surface area contributed by atoms with E-state index in [-0.39, 0.29) is 12.5 Å². The van der Waals surface area contributed by atoms with Crippen molar-refractivity contribution in [2.45, 2.75) is 26.2 Å². The molecule has 1 aromatic carbocycles. The van der Waals surface area contributed by atoms with Crippen molar-refractivity contribution in [3.8, 4) is 0 Å². The van der Waals surface area contributed by atoms with Crippen LogP contribution < -0.4 is 11.1 Å².